The maximum atomic E-state index is 11.5. The average Bonchev–Trinajstić information content (AvgIpc) is 2.75. The van der Waals surface area contributed by atoms with E-state index in [-0.39, 0.29) is 18.8 Å². The Morgan fingerprint density at radius 2 is 2.25 bits per heavy atom. The number of esters is 2. The van der Waals surface area contributed by atoms with Crippen molar-refractivity contribution in [1.82, 2.24) is 0 Å². The van der Waals surface area contributed by atoms with Crippen LogP contribution >= 0.6 is 15.9 Å². The lowest BCUT2D eigenvalue weighted by atomic mass is 10.1. The van der Waals surface area contributed by atoms with Crippen molar-refractivity contribution in [1.29, 1.82) is 0 Å². The number of nitrogens with zero attached hydrogens (tertiary/aromatic N) is 2. The third-order valence-electron chi connectivity index (χ3n) is 1.73. The Balaban J connectivity index is 2.60. The van der Waals surface area contributed by atoms with Crippen LogP contribution in [-0.2, 0) is 19.1 Å². The first-order chi connectivity index (χ1) is 7.70. The average molecular weight is 291 g/mol. The normalized spacial score (nSPS) is 18.1. The summed E-state index contributed by atoms with van der Waals surface area (Å²) in [5.41, 5.74) is 0.111. The number of hydrogen-bond donors (Lipinski definition) is 0. The minimum atomic E-state index is -0.984. The third kappa shape index (κ3) is 3.13. The fraction of sp³-hybridized carbons (Fsp3) is 0.556. The Bertz CT molecular complexity index is 340. The van der Waals surface area contributed by atoms with Crippen molar-refractivity contribution < 1.29 is 19.1 Å². The van der Waals surface area contributed by atoms with Gasteiger partial charge in [-0.15, -0.1) is 0 Å². The maximum Gasteiger partial charge on any atom is 0.338 e. The van der Waals surface area contributed by atoms with Gasteiger partial charge in [0.05, 0.1) is 18.4 Å². The SMILES string of the molecule is CCOC(=O)C1N=NC=C1C(=O)OCCBr. The van der Waals surface area contributed by atoms with Gasteiger partial charge >= 0.3 is 11.9 Å². The molecule has 0 spiro atoms. The van der Waals surface area contributed by atoms with Gasteiger partial charge < -0.3 is 9.47 Å². The summed E-state index contributed by atoms with van der Waals surface area (Å²) in [4.78, 5) is 22.9. The molecule has 6 nitrogen and oxygen atoms in total. The third-order valence-corrected chi connectivity index (χ3v) is 2.05. The van der Waals surface area contributed by atoms with Crippen molar-refractivity contribution in [3.8, 4) is 0 Å². The van der Waals surface area contributed by atoms with Crippen LogP contribution < -0.4 is 0 Å². The van der Waals surface area contributed by atoms with E-state index in [1.54, 1.807) is 6.92 Å². The van der Waals surface area contributed by atoms with Crippen LogP contribution in [0.5, 0.6) is 0 Å². The van der Waals surface area contributed by atoms with Crippen molar-refractivity contribution in [2.45, 2.75) is 13.0 Å². The van der Waals surface area contributed by atoms with E-state index in [9.17, 15) is 9.59 Å². The van der Waals surface area contributed by atoms with Crippen LogP contribution in [0.15, 0.2) is 22.0 Å². The summed E-state index contributed by atoms with van der Waals surface area (Å²) in [7, 11) is 0. The summed E-state index contributed by atoms with van der Waals surface area (Å²) < 4.78 is 9.61. The number of carbonyl (C=O) groups excluding carboxylic acids is 2. The molecular formula is C9H11BrN2O4. The molecule has 0 bridgehead atoms. The summed E-state index contributed by atoms with van der Waals surface area (Å²) in [6.07, 6.45) is 1.22. The number of alkyl halides is 1. The molecule has 1 unspecified atom stereocenters. The lowest BCUT2D eigenvalue weighted by Gasteiger charge is -2.09. The molecule has 0 amide bonds. The monoisotopic (exact) mass is 290 g/mol. The number of halogens is 1. The predicted octanol–water partition coefficient (Wildman–Crippen LogP) is 1.21. The van der Waals surface area contributed by atoms with E-state index >= 15 is 0 Å². The number of azo groups is 1. The molecule has 1 atom stereocenters. The Morgan fingerprint density at radius 3 is 2.88 bits per heavy atom. The van der Waals surface area contributed by atoms with E-state index in [4.69, 9.17) is 9.47 Å². The van der Waals surface area contributed by atoms with E-state index < -0.39 is 18.0 Å². The molecule has 0 N–H and O–H groups in total. The highest BCUT2D eigenvalue weighted by Crippen LogP contribution is 2.17. The van der Waals surface area contributed by atoms with Crippen LogP contribution in [0.2, 0.25) is 0 Å². The van der Waals surface area contributed by atoms with Crippen molar-refractivity contribution in [3.05, 3.63) is 11.8 Å². The minimum absolute atomic E-state index is 0.111. The zero-order chi connectivity index (χ0) is 12.0. The zero-order valence-corrected chi connectivity index (χ0v) is 10.3. The largest absolute Gasteiger partial charge is 0.464 e. The first kappa shape index (κ1) is 12.8. The second-order valence-electron chi connectivity index (χ2n) is 2.79. The van der Waals surface area contributed by atoms with Crippen LogP contribution in [0.4, 0.5) is 0 Å². The lowest BCUT2D eigenvalue weighted by Crippen LogP contribution is -2.27. The fourth-order valence-corrected chi connectivity index (χ4v) is 1.23. The van der Waals surface area contributed by atoms with Crippen molar-refractivity contribution in [2.24, 2.45) is 10.2 Å². The highest BCUT2D eigenvalue weighted by molar-refractivity contribution is 9.09. The Hall–Kier alpha value is -1.24. The number of hydrogen-bond acceptors (Lipinski definition) is 6. The van der Waals surface area contributed by atoms with Gasteiger partial charge in [0.1, 0.15) is 6.61 Å². The van der Waals surface area contributed by atoms with E-state index in [1.165, 1.54) is 6.20 Å². The van der Waals surface area contributed by atoms with Crippen LogP contribution in [-0.4, -0.2) is 36.5 Å². The fourth-order valence-electron chi connectivity index (χ4n) is 1.07. The van der Waals surface area contributed by atoms with Gasteiger partial charge in [0.15, 0.2) is 0 Å². The number of carbonyl (C=O) groups is 2. The van der Waals surface area contributed by atoms with E-state index in [1.807, 2.05) is 0 Å². The van der Waals surface area contributed by atoms with Gasteiger partial charge in [0.25, 0.3) is 0 Å². The molecule has 0 aliphatic carbocycles. The molecule has 1 heterocycles. The van der Waals surface area contributed by atoms with Gasteiger partial charge in [0.2, 0.25) is 6.04 Å². The molecule has 0 fully saturated rings. The molecule has 1 rings (SSSR count). The van der Waals surface area contributed by atoms with E-state index in [2.05, 4.69) is 26.2 Å². The second kappa shape index (κ2) is 6.37. The van der Waals surface area contributed by atoms with Gasteiger partial charge in [-0.05, 0) is 6.92 Å². The van der Waals surface area contributed by atoms with Crippen molar-refractivity contribution in [2.75, 3.05) is 18.5 Å². The quantitative estimate of drug-likeness (QED) is 0.563. The molecule has 1 aliphatic heterocycles. The summed E-state index contributed by atoms with van der Waals surface area (Å²) in [6, 6.07) is -0.984. The molecule has 0 aromatic rings. The van der Waals surface area contributed by atoms with Crippen molar-refractivity contribution >= 4 is 27.9 Å². The van der Waals surface area contributed by atoms with Crippen molar-refractivity contribution in [3.63, 3.8) is 0 Å². The lowest BCUT2D eigenvalue weighted by molar-refractivity contribution is -0.146. The topological polar surface area (TPSA) is 77.3 Å². The van der Waals surface area contributed by atoms with Gasteiger partial charge in [-0.3, -0.25) is 0 Å². The van der Waals surface area contributed by atoms with Crippen LogP contribution in [0.3, 0.4) is 0 Å². The molecule has 0 saturated heterocycles. The predicted molar refractivity (Wildman–Crippen MR) is 58.1 cm³/mol. The molecule has 1 aliphatic rings. The number of rotatable bonds is 5. The second-order valence-corrected chi connectivity index (χ2v) is 3.59. The van der Waals surface area contributed by atoms with Gasteiger partial charge in [-0.1, -0.05) is 15.9 Å². The summed E-state index contributed by atoms with van der Waals surface area (Å²) >= 11 is 3.12. The molecule has 0 aromatic carbocycles. The Labute approximate surface area is 101 Å². The standard InChI is InChI=1S/C9H11BrN2O4/c1-2-15-9(14)7-6(5-11-12-7)8(13)16-4-3-10/h5,7H,2-4H2,1H3. The molecule has 16 heavy (non-hydrogen) atoms. The molecular weight excluding hydrogens is 280 g/mol. The first-order valence-electron chi connectivity index (χ1n) is 4.70. The molecule has 0 saturated carbocycles. The van der Waals surface area contributed by atoms with Gasteiger partial charge in [0, 0.05) is 5.33 Å². The highest BCUT2D eigenvalue weighted by Gasteiger charge is 2.32. The van der Waals surface area contributed by atoms with E-state index in [0.717, 1.165) is 0 Å². The molecule has 88 valence electrons. The zero-order valence-electron chi connectivity index (χ0n) is 8.68. The van der Waals surface area contributed by atoms with Crippen LogP contribution in [0, 0.1) is 0 Å². The molecule has 0 aromatic heterocycles. The molecule has 7 heteroatoms. The Kier molecular flexibility index (Phi) is 5.10. The van der Waals surface area contributed by atoms with E-state index in [0.29, 0.717) is 5.33 Å². The summed E-state index contributed by atoms with van der Waals surface area (Å²) in [6.45, 7) is 2.14. The Morgan fingerprint density at radius 1 is 1.50 bits per heavy atom. The van der Waals surface area contributed by atoms with Crippen LogP contribution in [0.1, 0.15) is 6.92 Å². The summed E-state index contributed by atoms with van der Waals surface area (Å²) in [5.74, 6) is -1.19. The summed E-state index contributed by atoms with van der Waals surface area (Å²) in [5, 5.41) is 7.67. The smallest absolute Gasteiger partial charge is 0.338 e. The van der Waals surface area contributed by atoms with Crippen LogP contribution in [0.25, 0.3) is 0 Å². The van der Waals surface area contributed by atoms with Gasteiger partial charge in [-0.2, -0.15) is 10.2 Å². The highest BCUT2D eigenvalue weighted by atomic mass is 79.9. The first-order valence-corrected chi connectivity index (χ1v) is 5.82. The van der Waals surface area contributed by atoms with Gasteiger partial charge in [-0.25, -0.2) is 9.59 Å². The maximum absolute atomic E-state index is 11.5. The number of ether oxygens (including phenoxy) is 2. The minimum Gasteiger partial charge on any atom is -0.464 e. The molecule has 0 radical (unpaired) electrons.